The Bertz CT molecular complexity index is 985. The summed E-state index contributed by atoms with van der Waals surface area (Å²) in [5.74, 6) is -1.57. The fourth-order valence-electron chi connectivity index (χ4n) is 3.66. The second-order valence-electron chi connectivity index (χ2n) is 7.56. The normalized spacial score (nSPS) is 14.6. The van der Waals surface area contributed by atoms with Gasteiger partial charge in [-0.05, 0) is 61.8 Å². The Hall–Kier alpha value is -2.61. The van der Waals surface area contributed by atoms with Crippen LogP contribution in [-0.2, 0) is 20.8 Å². The van der Waals surface area contributed by atoms with Crippen molar-refractivity contribution in [3.05, 3.63) is 63.1 Å². The van der Waals surface area contributed by atoms with E-state index >= 15 is 0 Å². The Morgan fingerprint density at radius 3 is 2.09 bits per heavy atom. The quantitative estimate of drug-likeness (QED) is 0.618. The SMILES string of the molecule is COC(=O)c1cc(NC(=O)C2CCN(Cc3ccc(Cl)cc3Cl)CC2)cc(C(=O)OC)c1. The molecule has 0 aliphatic carbocycles. The molecule has 2 aromatic carbocycles. The van der Waals surface area contributed by atoms with Crippen LogP contribution in [-0.4, -0.2) is 50.1 Å². The van der Waals surface area contributed by atoms with Crippen molar-refractivity contribution in [3.8, 4) is 0 Å². The molecule has 1 aliphatic rings. The van der Waals surface area contributed by atoms with E-state index in [-0.39, 0.29) is 23.0 Å². The Morgan fingerprint density at radius 2 is 1.56 bits per heavy atom. The number of benzene rings is 2. The van der Waals surface area contributed by atoms with Gasteiger partial charge in [-0.15, -0.1) is 0 Å². The van der Waals surface area contributed by atoms with Crippen LogP contribution in [0, 0.1) is 5.92 Å². The van der Waals surface area contributed by atoms with Crippen LogP contribution in [0.1, 0.15) is 39.1 Å². The number of hydrogen-bond donors (Lipinski definition) is 1. The van der Waals surface area contributed by atoms with Gasteiger partial charge in [0.25, 0.3) is 0 Å². The average Bonchev–Trinajstić information content (AvgIpc) is 2.80. The summed E-state index contributed by atoms with van der Waals surface area (Å²) < 4.78 is 9.46. The number of nitrogens with zero attached hydrogens (tertiary/aromatic N) is 1. The zero-order chi connectivity index (χ0) is 23.3. The molecular formula is C23H24Cl2N2O5. The van der Waals surface area contributed by atoms with E-state index in [2.05, 4.69) is 10.2 Å². The van der Waals surface area contributed by atoms with Crippen molar-refractivity contribution < 1.29 is 23.9 Å². The first-order valence-electron chi connectivity index (χ1n) is 10.1. The van der Waals surface area contributed by atoms with Crippen molar-refractivity contribution in [2.75, 3.05) is 32.6 Å². The summed E-state index contributed by atoms with van der Waals surface area (Å²) in [7, 11) is 2.49. The van der Waals surface area contributed by atoms with Crippen molar-refractivity contribution in [2.24, 2.45) is 5.92 Å². The molecule has 1 saturated heterocycles. The van der Waals surface area contributed by atoms with Crippen molar-refractivity contribution in [2.45, 2.75) is 19.4 Å². The lowest BCUT2D eigenvalue weighted by atomic mass is 9.95. The first-order chi connectivity index (χ1) is 15.3. The van der Waals surface area contributed by atoms with Crippen LogP contribution < -0.4 is 5.32 Å². The molecule has 0 saturated carbocycles. The molecule has 1 aliphatic heterocycles. The molecule has 9 heteroatoms. The Labute approximate surface area is 196 Å². The molecule has 0 bridgehead atoms. The number of carbonyl (C=O) groups is 3. The van der Waals surface area contributed by atoms with Crippen molar-refractivity contribution in [1.82, 2.24) is 4.90 Å². The Morgan fingerprint density at radius 1 is 0.969 bits per heavy atom. The molecule has 0 atom stereocenters. The van der Waals surface area contributed by atoms with E-state index in [0.29, 0.717) is 35.1 Å². The monoisotopic (exact) mass is 478 g/mol. The summed E-state index contributed by atoms with van der Waals surface area (Å²) >= 11 is 12.2. The van der Waals surface area contributed by atoms with E-state index in [1.807, 2.05) is 12.1 Å². The van der Waals surface area contributed by atoms with Gasteiger partial charge >= 0.3 is 11.9 Å². The van der Waals surface area contributed by atoms with Gasteiger partial charge in [0, 0.05) is 28.2 Å². The number of esters is 2. The highest BCUT2D eigenvalue weighted by atomic mass is 35.5. The molecule has 1 heterocycles. The van der Waals surface area contributed by atoms with Crippen LogP contribution >= 0.6 is 23.2 Å². The summed E-state index contributed by atoms with van der Waals surface area (Å²) in [6.45, 7) is 2.17. The number of anilines is 1. The number of carbonyl (C=O) groups excluding carboxylic acids is 3. The van der Waals surface area contributed by atoms with Gasteiger partial charge < -0.3 is 14.8 Å². The zero-order valence-electron chi connectivity index (χ0n) is 17.8. The molecule has 1 fully saturated rings. The highest BCUT2D eigenvalue weighted by Gasteiger charge is 2.26. The van der Waals surface area contributed by atoms with E-state index in [4.69, 9.17) is 32.7 Å². The summed E-state index contributed by atoms with van der Waals surface area (Å²) in [4.78, 5) is 38.9. The minimum absolute atomic E-state index is 0.153. The third-order valence-corrected chi connectivity index (χ3v) is 6.00. The third-order valence-electron chi connectivity index (χ3n) is 5.41. The van der Waals surface area contributed by atoms with Gasteiger partial charge in [0.2, 0.25) is 5.91 Å². The van der Waals surface area contributed by atoms with Crippen LogP contribution in [0.15, 0.2) is 36.4 Å². The van der Waals surface area contributed by atoms with E-state index in [0.717, 1.165) is 18.7 Å². The van der Waals surface area contributed by atoms with Crippen LogP contribution in [0.2, 0.25) is 10.0 Å². The molecule has 170 valence electrons. The number of piperidine rings is 1. The molecule has 0 spiro atoms. The molecule has 1 amide bonds. The maximum atomic E-state index is 12.8. The molecule has 3 rings (SSSR count). The summed E-state index contributed by atoms with van der Waals surface area (Å²) in [6, 6.07) is 9.78. The number of nitrogens with one attached hydrogen (secondary N) is 1. The smallest absolute Gasteiger partial charge is 0.337 e. The van der Waals surface area contributed by atoms with Gasteiger partial charge in [0.15, 0.2) is 0 Å². The summed E-state index contributed by atoms with van der Waals surface area (Å²) in [6.07, 6.45) is 1.36. The molecule has 1 N–H and O–H groups in total. The maximum Gasteiger partial charge on any atom is 0.337 e. The topological polar surface area (TPSA) is 84.9 Å². The highest BCUT2D eigenvalue weighted by molar-refractivity contribution is 6.35. The van der Waals surface area contributed by atoms with Gasteiger partial charge in [-0.2, -0.15) is 0 Å². The Balaban J connectivity index is 1.63. The molecule has 7 nitrogen and oxygen atoms in total. The second kappa shape index (κ2) is 10.8. The highest BCUT2D eigenvalue weighted by Crippen LogP contribution is 2.26. The minimum Gasteiger partial charge on any atom is -0.465 e. The average molecular weight is 479 g/mol. The number of hydrogen-bond acceptors (Lipinski definition) is 6. The van der Waals surface area contributed by atoms with Gasteiger partial charge in [0.1, 0.15) is 0 Å². The van der Waals surface area contributed by atoms with Crippen LogP contribution in [0.25, 0.3) is 0 Å². The second-order valence-corrected chi connectivity index (χ2v) is 8.40. The lowest BCUT2D eigenvalue weighted by Crippen LogP contribution is -2.37. The molecule has 32 heavy (non-hydrogen) atoms. The number of likely N-dealkylation sites (tertiary alicyclic amines) is 1. The molecule has 0 aromatic heterocycles. The van der Waals surface area contributed by atoms with Gasteiger partial charge in [-0.3, -0.25) is 9.69 Å². The third kappa shape index (κ3) is 6.00. The van der Waals surface area contributed by atoms with E-state index < -0.39 is 11.9 Å². The summed E-state index contributed by atoms with van der Waals surface area (Å²) in [5.41, 5.74) is 1.64. The first kappa shape index (κ1) is 24.0. The standard InChI is InChI=1S/C23H24Cl2N2O5/c1-31-22(29)16-9-17(23(30)32-2)11-19(10-16)26-21(28)14-5-7-27(8-6-14)13-15-3-4-18(24)12-20(15)25/h3-4,9-12,14H,5-8,13H2,1-2H3,(H,26,28). The first-order valence-corrected chi connectivity index (χ1v) is 10.8. The molecule has 0 unspecified atom stereocenters. The maximum absolute atomic E-state index is 12.8. The number of halogens is 2. The van der Waals surface area contributed by atoms with Crippen molar-refractivity contribution >= 4 is 46.7 Å². The zero-order valence-corrected chi connectivity index (χ0v) is 19.3. The van der Waals surface area contributed by atoms with E-state index in [1.165, 1.54) is 32.4 Å². The molecular weight excluding hydrogens is 455 g/mol. The minimum atomic E-state index is -0.611. The number of rotatable bonds is 6. The fourth-order valence-corrected chi connectivity index (χ4v) is 4.13. The van der Waals surface area contributed by atoms with Crippen molar-refractivity contribution in [3.63, 3.8) is 0 Å². The lowest BCUT2D eigenvalue weighted by Gasteiger charge is -2.31. The van der Waals surface area contributed by atoms with Crippen LogP contribution in [0.5, 0.6) is 0 Å². The molecule has 0 radical (unpaired) electrons. The lowest BCUT2D eigenvalue weighted by molar-refractivity contribution is -0.121. The van der Waals surface area contributed by atoms with Gasteiger partial charge in [-0.1, -0.05) is 29.3 Å². The largest absolute Gasteiger partial charge is 0.465 e. The molecule has 2 aromatic rings. The number of amides is 1. The van der Waals surface area contributed by atoms with Gasteiger partial charge in [0.05, 0.1) is 25.3 Å². The van der Waals surface area contributed by atoms with E-state index in [9.17, 15) is 14.4 Å². The summed E-state index contributed by atoms with van der Waals surface area (Å²) in [5, 5.41) is 4.05. The fraction of sp³-hybridized carbons (Fsp3) is 0.348. The van der Waals surface area contributed by atoms with Crippen molar-refractivity contribution in [1.29, 1.82) is 0 Å². The van der Waals surface area contributed by atoms with Crippen LogP contribution in [0.4, 0.5) is 5.69 Å². The number of methoxy groups -OCH3 is 2. The van der Waals surface area contributed by atoms with E-state index in [1.54, 1.807) is 6.07 Å². The predicted molar refractivity (Wildman–Crippen MR) is 122 cm³/mol. The predicted octanol–water partition coefficient (Wildman–Crippen LogP) is 4.42. The number of ether oxygens (including phenoxy) is 2. The Kier molecular flexibility index (Phi) is 8.12. The van der Waals surface area contributed by atoms with Crippen LogP contribution in [0.3, 0.4) is 0 Å². The van der Waals surface area contributed by atoms with Gasteiger partial charge in [-0.25, -0.2) is 9.59 Å².